The molecule has 0 fully saturated rings. The summed E-state index contributed by atoms with van der Waals surface area (Å²) in [5.74, 6) is 0. The van der Waals surface area contributed by atoms with Crippen molar-refractivity contribution in [3.8, 4) is 0 Å². The standard InChI is InChI=1S/C4H10O2.Ba.H2O4S/c5-3-1-2-4-6;;1-5(2,3)4/h5-6H,1-4H2;;(H2,1,2,3,4)/q;+2;/p-2. The van der Waals surface area contributed by atoms with Crippen molar-refractivity contribution in [1.29, 1.82) is 0 Å². The molecule has 0 aliphatic rings. The smallest absolute Gasteiger partial charge is 0.759 e. The first-order valence-corrected chi connectivity index (χ1v) is 4.13. The van der Waals surface area contributed by atoms with Gasteiger partial charge in [-0.2, -0.15) is 0 Å². The Labute approximate surface area is 112 Å². The molecule has 70 valence electrons. The van der Waals surface area contributed by atoms with Crippen LogP contribution in [0.5, 0.6) is 0 Å². The Hall–Kier alpha value is 1.36. The second-order valence-electron chi connectivity index (χ2n) is 1.56. The molecule has 6 nitrogen and oxygen atoms in total. The molecule has 0 radical (unpaired) electrons. The molecule has 0 bridgehead atoms. The third-order valence-electron chi connectivity index (χ3n) is 0.566. The van der Waals surface area contributed by atoms with Crippen molar-refractivity contribution in [2.75, 3.05) is 13.2 Å². The molecule has 0 aliphatic heterocycles. The van der Waals surface area contributed by atoms with Gasteiger partial charge in [0.1, 0.15) is 0 Å². The topological polar surface area (TPSA) is 121 Å². The van der Waals surface area contributed by atoms with Crippen LogP contribution >= 0.6 is 0 Å². The van der Waals surface area contributed by atoms with E-state index in [1.807, 2.05) is 0 Å². The van der Waals surface area contributed by atoms with E-state index in [0.29, 0.717) is 0 Å². The van der Waals surface area contributed by atoms with Crippen LogP contribution in [0.2, 0.25) is 0 Å². The van der Waals surface area contributed by atoms with E-state index >= 15 is 0 Å². The molecule has 12 heavy (non-hydrogen) atoms. The molecule has 0 atom stereocenters. The summed E-state index contributed by atoms with van der Waals surface area (Å²) in [6, 6.07) is 0. The van der Waals surface area contributed by atoms with Gasteiger partial charge in [-0.15, -0.1) is 0 Å². The Bertz CT molecular complexity index is 143. The van der Waals surface area contributed by atoms with Crippen LogP contribution in [-0.2, 0) is 10.4 Å². The maximum absolute atomic E-state index is 8.52. The zero-order valence-electron chi connectivity index (χ0n) is 6.47. The zero-order valence-corrected chi connectivity index (χ0v) is 11.7. The Morgan fingerprint density at radius 2 is 1.17 bits per heavy atom. The second-order valence-corrected chi connectivity index (χ2v) is 2.38. The number of aliphatic hydroxyl groups is 2. The van der Waals surface area contributed by atoms with Crippen molar-refractivity contribution >= 4 is 59.3 Å². The van der Waals surface area contributed by atoms with Gasteiger partial charge < -0.3 is 19.3 Å². The summed E-state index contributed by atoms with van der Waals surface area (Å²) in [6.45, 7) is 0.390. The molecule has 0 heterocycles. The SMILES string of the molecule is O=S(=O)([O-])[O-].OCCCCO.[Ba+2]. The summed E-state index contributed by atoms with van der Waals surface area (Å²) >= 11 is 0. The van der Waals surface area contributed by atoms with E-state index in [9.17, 15) is 0 Å². The summed E-state index contributed by atoms with van der Waals surface area (Å²) in [4.78, 5) is 0. The summed E-state index contributed by atoms with van der Waals surface area (Å²) in [5, 5.41) is 16.2. The molecule has 0 saturated heterocycles. The molecule has 2 N–H and O–H groups in total. The summed E-state index contributed by atoms with van der Waals surface area (Å²) in [7, 11) is -5.17. The predicted octanol–water partition coefficient (Wildman–Crippen LogP) is -1.97. The Morgan fingerprint density at radius 3 is 1.25 bits per heavy atom. The van der Waals surface area contributed by atoms with Crippen molar-refractivity contribution in [2.45, 2.75) is 12.8 Å². The largest absolute Gasteiger partial charge is 2.00 e. The summed E-state index contributed by atoms with van der Waals surface area (Å²) in [6.07, 6.45) is 1.44. The maximum atomic E-state index is 8.52. The van der Waals surface area contributed by atoms with Gasteiger partial charge in [0.25, 0.3) is 0 Å². The molecule has 8 heteroatoms. The normalized spacial score (nSPS) is 9.33. The van der Waals surface area contributed by atoms with Gasteiger partial charge in [-0.05, 0) is 12.8 Å². The first-order chi connectivity index (χ1) is 4.91. The van der Waals surface area contributed by atoms with E-state index in [4.69, 9.17) is 27.7 Å². The quantitative estimate of drug-likeness (QED) is 0.269. The van der Waals surface area contributed by atoms with E-state index in [1.165, 1.54) is 0 Å². The van der Waals surface area contributed by atoms with Crippen LogP contribution in [0.4, 0.5) is 0 Å². The van der Waals surface area contributed by atoms with Gasteiger partial charge in [0, 0.05) is 23.6 Å². The fourth-order valence-corrected chi connectivity index (χ4v) is 0.224. The Morgan fingerprint density at radius 1 is 1.00 bits per heavy atom. The van der Waals surface area contributed by atoms with Gasteiger partial charge >= 0.3 is 48.9 Å². The van der Waals surface area contributed by atoms with Crippen LogP contribution in [-0.4, -0.2) is 89.8 Å². The molecule has 0 aromatic heterocycles. The van der Waals surface area contributed by atoms with Crippen LogP contribution in [0.25, 0.3) is 0 Å². The fourth-order valence-electron chi connectivity index (χ4n) is 0.224. The van der Waals surface area contributed by atoms with E-state index in [0.717, 1.165) is 12.8 Å². The Balaban J connectivity index is -0.000000126. The number of aliphatic hydroxyl groups excluding tert-OH is 2. The molecule has 0 unspecified atom stereocenters. The van der Waals surface area contributed by atoms with Crippen molar-refractivity contribution < 1.29 is 27.7 Å². The molecule has 0 saturated carbocycles. The molecule has 0 aromatic rings. The van der Waals surface area contributed by atoms with E-state index in [1.54, 1.807) is 0 Å². The third-order valence-corrected chi connectivity index (χ3v) is 0.566. The number of unbranched alkanes of at least 4 members (excludes halogenated alkanes) is 1. The summed E-state index contributed by atoms with van der Waals surface area (Å²) < 4.78 is 34.1. The molecule has 0 rings (SSSR count). The third kappa shape index (κ3) is 64.1. The molecular formula is C4H10BaO6S. The van der Waals surface area contributed by atoms with Crippen molar-refractivity contribution in [1.82, 2.24) is 0 Å². The molecule has 0 aromatic carbocycles. The number of hydrogen-bond donors (Lipinski definition) is 2. The van der Waals surface area contributed by atoms with Crippen molar-refractivity contribution in [3.05, 3.63) is 0 Å². The average molecular weight is 324 g/mol. The average Bonchev–Trinajstić information content (AvgIpc) is 1.79. The first kappa shape index (κ1) is 19.0. The van der Waals surface area contributed by atoms with Gasteiger partial charge in [-0.1, -0.05) is 0 Å². The summed E-state index contributed by atoms with van der Waals surface area (Å²) in [5.41, 5.74) is 0. The van der Waals surface area contributed by atoms with Crippen LogP contribution in [0.3, 0.4) is 0 Å². The van der Waals surface area contributed by atoms with Crippen molar-refractivity contribution in [3.63, 3.8) is 0 Å². The number of hydrogen-bond acceptors (Lipinski definition) is 6. The molecule has 0 aliphatic carbocycles. The van der Waals surface area contributed by atoms with Gasteiger partial charge in [0.15, 0.2) is 0 Å². The van der Waals surface area contributed by atoms with Crippen LogP contribution in [0.1, 0.15) is 12.8 Å². The molecule has 0 spiro atoms. The first-order valence-electron chi connectivity index (χ1n) is 2.80. The van der Waals surface area contributed by atoms with E-state index in [2.05, 4.69) is 0 Å². The van der Waals surface area contributed by atoms with Gasteiger partial charge in [-0.3, -0.25) is 8.42 Å². The second kappa shape index (κ2) is 12.4. The molecule has 0 amide bonds. The molecular weight excluding hydrogens is 313 g/mol. The van der Waals surface area contributed by atoms with Gasteiger partial charge in [0.05, 0.1) is 0 Å². The van der Waals surface area contributed by atoms with Gasteiger partial charge in [-0.25, -0.2) is 0 Å². The Kier molecular flexibility index (Phi) is 19.6. The minimum absolute atomic E-state index is 0. The van der Waals surface area contributed by atoms with Crippen LogP contribution in [0.15, 0.2) is 0 Å². The van der Waals surface area contributed by atoms with E-state index < -0.39 is 10.4 Å². The van der Waals surface area contributed by atoms with Crippen LogP contribution in [0, 0.1) is 0 Å². The van der Waals surface area contributed by atoms with E-state index in [-0.39, 0.29) is 62.1 Å². The maximum Gasteiger partial charge on any atom is 2.00 e. The number of rotatable bonds is 3. The monoisotopic (exact) mass is 324 g/mol. The zero-order chi connectivity index (χ0) is 9.33. The minimum atomic E-state index is -5.17. The fraction of sp³-hybridized carbons (Fsp3) is 1.00. The van der Waals surface area contributed by atoms with Crippen molar-refractivity contribution in [2.24, 2.45) is 0 Å². The van der Waals surface area contributed by atoms with Crippen LogP contribution < -0.4 is 0 Å². The van der Waals surface area contributed by atoms with Gasteiger partial charge in [0.2, 0.25) is 0 Å². The predicted molar refractivity (Wildman–Crippen MR) is 39.6 cm³/mol. The minimum Gasteiger partial charge on any atom is -0.759 e.